The second-order valence-electron chi connectivity index (χ2n) is 8.45. The van der Waals surface area contributed by atoms with Gasteiger partial charge in [0.1, 0.15) is 11.4 Å². The van der Waals surface area contributed by atoms with E-state index in [1.54, 1.807) is 44.6 Å². The van der Waals surface area contributed by atoms with Crippen LogP contribution in [0.5, 0.6) is 0 Å². The lowest BCUT2D eigenvalue weighted by Gasteiger charge is -2.20. The van der Waals surface area contributed by atoms with Crippen LogP contribution in [0.15, 0.2) is 55.0 Å². The van der Waals surface area contributed by atoms with Gasteiger partial charge in [0.05, 0.1) is 28.9 Å². The third kappa shape index (κ3) is 4.80. The summed E-state index contributed by atoms with van der Waals surface area (Å²) in [6.07, 6.45) is 4.87. The molecule has 0 aliphatic heterocycles. The first kappa shape index (κ1) is 23.0. The number of benzene rings is 2. The standard InChI is InChI=1S/C25H24ClFN4O2/c1-14(18-8-15(13-32)4-6-21(18)27)31-23-19-9-16(5-7-22(19)28-12-20(23)26)17-10-29-24(30-11-17)25(2,3)33/h4-12,14,32-33H,13H2,1-3H3,(H,28,31)/t14-/m1/s1. The van der Waals surface area contributed by atoms with E-state index in [9.17, 15) is 14.6 Å². The molecule has 0 saturated carbocycles. The summed E-state index contributed by atoms with van der Waals surface area (Å²) in [5, 5.41) is 24.0. The Morgan fingerprint density at radius 3 is 2.42 bits per heavy atom. The Bertz CT molecular complexity index is 1310. The fourth-order valence-electron chi connectivity index (χ4n) is 3.61. The summed E-state index contributed by atoms with van der Waals surface area (Å²) in [4.78, 5) is 13.0. The number of rotatable bonds is 6. The Balaban J connectivity index is 1.74. The number of pyridine rings is 1. The zero-order valence-electron chi connectivity index (χ0n) is 18.5. The Labute approximate surface area is 196 Å². The molecule has 0 aliphatic rings. The maximum atomic E-state index is 14.5. The number of nitrogens with one attached hydrogen (secondary N) is 1. The number of anilines is 1. The minimum Gasteiger partial charge on any atom is -0.392 e. The molecule has 2 aromatic carbocycles. The van der Waals surface area contributed by atoms with E-state index in [2.05, 4.69) is 20.3 Å². The Morgan fingerprint density at radius 2 is 1.76 bits per heavy atom. The molecule has 8 heteroatoms. The quantitative estimate of drug-likeness (QED) is 0.353. The van der Waals surface area contributed by atoms with Crippen molar-refractivity contribution in [2.24, 2.45) is 0 Å². The number of hydrogen-bond acceptors (Lipinski definition) is 6. The van der Waals surface area contributed by atoms with E-state index in [-0.39, 0.29) is 12.4 Å². The van der Waals surface area contributed by atoms with Crippen molar-refractivity contribution in [3.63, 3.8) is 0 Å². The van der Waals surface area contributed by atoms with E-state index in [4.69, 9.17) is 11.6 Å². The number of nitrogens with zero attached hydrogens (tertiary/aromatic N) is 3. The molecule has 0 unspecified atom stereocenters. The topological polar surface area (TPSA) is 91.2 Å². The molecule has 0 aliphatic carbocycles. The van der Waals surface area contributed by atoms with Crippen LogP contribution in [-0.2, 0) is 12.2 Å². The molecular weight excluding hydrogens is 443 g/mol. The zero-order chi connectivity index (χ0) is 23.8. The van der Waals surface area contributed by atoms with Crippen LogP contribution in [0.3, 0.4) is 0 Å². The lowest BCUT2D eigenvalue weighted by molar-refractivity contribution is 0.0687. The summed E-state index contributed by atoms with van der Waals surface area (Å²) in [6, 6.07) is 9.82. The maximum Gasteiger partial charge on any atom is 0.159 e. The Hall–Kier alpha value is -3.13. The van der Waals surface area contributed by atoms with Gasteiger partial charge in [-0.05, 0) is 56.2 Å². The minimum atomic E-state index is -1.13. The van der Waals surface area contributed by atoms with Crippen LogP contribution in [0.4, 0.5) is 10.1 Å². The highest BCUT2D eigenvalue weighted by Crippen LogP contribution is 2.35. The summed E-state index contributed by atoms with van der Waals surface area (Å²) in [7, 11) is 0. The predicted molar refractivity (Wildman–Crippen MR) is 127 cm³/mol. The molecule has 0 amide bonds. The van der Waals surface area contributed by atoms with Crippen LogP contribution in [0.1, 0.15) is 43.8 Å². The average Bonchev–Trinajstić information content (AvgIpc) is 2.80. The van der Waals surface area contributed by atoms with Gasteiger partial charge in [-0.15, -0.1) is 0 Å². The van der Waals surface area contributed by atoms with Gasteiger partial charge in [0.2, 0.25) is 0 Å². The monoisotopic (exact) mass is 466 g/mol. The summed E-state index contributed by atoms with van der Waals surface area (Å²) < 4.78 is 14.5. The van der Waals surface area contributed by atoms with Gasteiger partial charge in [-0.25, -0.2) is 14.4 Å². The molecule has 4 aromatic rings. The van der Waals surface area contributed by atoms with E-state index in [1.807, 2.05) is 25.1 Å². The first-order valence-corrected chi connectivity index (χ1v) is 10.8. The zero-order valence-corrected chi connectivity index (χ0v) is 19.2. The minimum absolute atomic E-state index is 0.170. The number of fused-ring (bicyclic) bond motifs is 1. The summed E-state index contributed by atoms with van der Waals surface area (Å²) >= 11 is 6.49. The number of aliphatic hydroxyl groups is 2. The lowest BCUT2D eigenvalue weighted by Crippen LogP contribution is -2.19. The number of aliphatic hydroxyl groups excluding tert-OH is 1. The Morgan fingerprint density at radius 1 is 1.03 bits per heavy atom. The van der Waals surface area contributed by atoms with Crippen LogP contribution in [0.2, 0.25) is 5.02 Å². The van der Waals surface area contributed by atoms with Gasteiger partial charge in [0, 0.05) is 35.1 Å². The molecule has 33 heavy (non-hydrogen) atoms. The summed E-state index contributed by atoms with van der Waals surface area (Å²) in [6.45, 7) is 4.92. The summed E-state index contributed by atoms with van der Waals surface area (Å²) in [5.74, 6) is -0.0357. The molecule has 0 spiro atoms. The van der Waals surface area contributed by atoms with E-state index >= 15 is 0 Å². The second kappa shape index (κ2) is 9.02. The van der Waals surface area contributed by atoms with E-state index in [0.717, 1.165) is 22.0 Å². The van der Waals surface area contributed by atoms with Crippen molar-refractivity contribution in [3.05, 3.63) is 82.8 Å². The Kier molecular flexibility index (Phi) is 6.30. The number of aromatic nitrogens is 3. The largest absolute Gasteiger partial charge is 0.392 e. The summed E-state index contributed by atoms with van der Waals surface area (Å²) in [5.41, 5.74) is 2.88. The van der Waals surface area contributed by atoms with Gasteiger partial charge in [0.25, 0.3) is 0 Å². The van der Waals surface area contributed by atoms with E-state index < -0.39 is 11.6 Å². The van der Waals surface area contributed by atoms with Crippen molar-refractivity contribution in [2.75, 3.05) is 5.32 Å². The fraction of sp³-hybridized carbons (Fsp3) is 0.240. The lowest BCUT2D eigenvalue weighted by atomic mass is 10.0. The third-order valence-corrected chi connectivity index (χ3v) is 5.71. The molecule has 2 heterocycles. The van der Waals surface area contributed by atoms with Gasteiger partial charge in [-0.1, -0.05) is 23.7 Å². The van der Waals surface area contributed by atoms with Gasteiger partial charge in [-0.2, -0.15) is 0 Å². The van der Waals surface area contributed by atoms with E-state index in [0.29, 0.717) is 27.7 Å². The number of hydrogen-bond donors (Lipinski definition) is 3. The van der Waals surface area contributed by atoms with Crippen molar-refractivity contribution in [3.8, 4) is 11.1 Å². The molecule has 6 nitrogen and oxygen atoms in total. The molecule has 170 valence electrons. The molecule has 0 fully saturated rings. The van der Waals surface area contributed by atoms with Crippen molar-refractivity contribution < 1.29 is 14.6 Å². The molecular formula is C25H24ClFN4O2. The van der Waals surface area contributed by atoms with Gasteiger partial charge < -0.3 is 15.5 Å². The van der Waals surface area contributed by atoms with Gasteiger partial charge in [-0.3, -0.25) is 4.98 Å². The molecule has 3 N–H and O–H groups in total. The van der Waals surface area contributed by atoms with E-state index in [1.165, 1.54) is 6.07 Å². The van der Waals surface area contributed by atoms with Crippen molar-refractivity contribution in [1.29, 1.82) is 0 Å². The van der Waals surface area contributed by atoms with Gasteiger partial charge >= 0.3 is 0 Å². The second-order valence-corrected chi connectivity index (χ2v) is 8.85. The maximum absolute atomic E-state index is 14.5. The van der Waals surface area contributed by atoms with Crippen LogP contribution in [0, 0.1) is 5.82 Å². The molecule has 2 aromatic heterocycles. The highest BCUT2D eigenvalue weighted by molar-refractivity contribution is 6.34. The fourth-order valence-corrected chi connectivity index (χ4v) is 3.81. The van der Waals surface area contributed by atoms with Crippen molar-refractivity contribution >= 4 is 28.2 Å². The molecule has 0 radical (unpaired) electrons. The molecule has 0 bridgehead atoms. The third-order valence-electron chi connectivity index (χ3n) is 5.42. The SMILES string of the molecule is C[C@@H](Nc1c(Cl)cnc2ccc(-c3cnc(C(C)(C)O)nc3)cc12)c1cc(CO)ccc1F. The number of halogens is 2. The van der Waals surface area contributed by atoms with Gasteiger partial charge in [0.15, 0.2) is 5.82 Å². The highest BCUT2D eigenvalue weighted by atomic mass is 35.5. The highest BCUT2D eigenvalue weighted by Gasteiger charge is 2.20. The normalized spacial score (nSPS) is 12.7. The average molecular weight is 467 g/mol. The van der Waals surface area contributed by atoms with Crippen LogP contribution < -0.4 is 5.32 Å². The van der Waals surface area contributed by atoms with Crippen molar-refractivity contribution in [2.45, 2.75) is 39.0 Å². The van der Waals surface area contributed by atoms with Crippen LogP contribution >= 0.6 is 11.6 Å². The molecule has 1 atom stereocenters. The first-order chi connectivity index (χ1) is 15.7. The smallest absolute Gasteiger partial charge is 0.159 e. The van der Waals surface area contributed by atoms with Crippen molar-refractivity contribution in [1.82, 2.24) is 15.0 Å². The molecule has 0 saturated heterocycles. The molecule has 4 rings (SSSR count). The first-order valence-electron chi connectivity index (χ1n) is 10.5. The van der Waals surface area contributed by atoms with Crippen LogP contribution in [0.25, 0.3) is 22.0 Å². The predicted octanol–water partition coefficient (Wildman–Crippen LogP) is 5.38. The van der Waals surface area contributed by atoms with Crippen LogP contribution in [-0.4, -0.2) is 25.2 Å².